The van der Waals surface area contributed by atoms with Crippen molar-refractivity contribution in [3.05, 3.63) is 11.7 Å². The molecule has 1 amide bonds. The highest BCUT2D eigenvalue weighted by molar-refractivity contribution is 5.76. The van der Waals surface area contributed by atoms with Crippen LogP contribution in [-0.2, 0) is 11.2 Å². The molecule has 0 aliphatic heterocycles. The summed E-state index contributed by atoms with van der Waals surface area (Å²) in [4.78, 5) is 16.1. The predicted molar refractivity (Wildman–Crippen MR) is 79.8 cm³/mol. The Bertz CT molecular complexity index is 449. The van der Waals surface area contributed by atoms with Crippen LogP contribution in [-0.4, -0.2) is 33.8 Å². The molecule has 0 spiro atoms. The third-order valence-electron chi connectivity index (χ3n) is 3.01. The Morgan fingerprint density at radius 1 is 1.38 bits per heavy atom. The van der Waals surface area contributed by atoms with Gasteiger partial charge in [-0.1, -0.05) is 39.8 Å². The van der Waals surface area contributed by atoms with Gasteiger partial charge in [0, 0.05) is 18.8 Å². The lowest BCUT2D eigenvalue weighted by atomic mass is 9.88. The van der Waals surface area contributed by atoms with Crippen LogP contribution in [0.4, 0.5) is 0 Å². The van der Waals surface area contributed by atoms with E-state index >= 15 is 0 Å². The summed E-state index contributed by atoms with van der Waals surface area (Å²) in [6, 6.07) is -0.216. The number of aliphatic hydroxyl groups is 1. The van der Waals surface area contributed by atoms with Gasteiger partial charge in [0.15, 0.2) is 5.82 Å². The van der Waals surface area contributed by atoms with E-state index in [1.54, 1.807) is 0 Å². The molecule has 120 valence electrons. The molecule has 0 aliphatic carbocycles. The van der Waals surface area contributed by atoms with Gasteiger partial charge in [0.05, 0.1) is 12.6 Å². The van der Waals surface area contributed by atoms with Crippen molar-refractivity contribution in [1.29, 1.82) is 0 Å². The monoisotopic (exact) mass is 297 g/mol. The quantitative estimate of drug-likeness (QED) is 0.804. The molecule has 21 heavy (non-hydrogen) atoms. The standard InChI is InChI=1S/C15H27N3O3/c1-10(2)14-17-13(21-18-14)7-6-12(20)16-11(9-19)8-15(3,4)5/h10-11,19H,6-9H2,1-5H3,(H,16,20). The van der Waals surface area contributed by atoms with Crippen LogP contribution in [0.3, 0.4) is 0 Å². The number of aromatic nitrogens is 2. The number of carbonyl (C=O) groups excluding carboxylic acids is 1. The Kier molecular flexibility index (Phi) is 6.33. The molecule has 0 saturated carbocycles. The fourth-order valence-corrected chi connectivity index (χ4v) is 2.02. The van der Waals surface area contributed by atoms with E-state index in [9.17, 15) is 9.90 Å². The first-order valence-electron chi connectivity index (χ1n) is 7.44. The van der Waals surface area contributed by atoms with E-state index in [-0.39, 0.29) is 36.3 Å². The van der Waals surface area contributed by atoms with Crippen LogP contribution < -0.4 is 5.32 Å². The molecular weight excluding hydrogens is 270 g/mol. The fourth-order valence-electron chi connectivity index (χ4n) is 2.02. The van der Waals surface area contributed by atoms with Gasteiger partial charge in [-0.05, 0) is 11.8 Å². The summed E-state index contributed by atoms with van der Waals surface area (Å²) in [5.74, 6) is 1.24. The second kappa shape index (κ2) is 7.54. The summed E-state index contributed by atoms with van der Waals surface area (Å²) in [7, 11) is 0. The number of hydrogen-bond acceptors (Lipinski definition) is 5. The summed E-state index contributed by atoms with van der Waals surface area (Å²) in [6.45, 7) is 10.1. The molecule has 1 aromatic rings. The smallest absolute Gasteiger partial charge is 0.227 e. The van der Waals surface area contributed by atoms with Gasteiger partial charge < -0.3 is 14.9 Å². The molecule has 1 rings (SSSR count). The van der Waals surface area contributed by atoms with Crippen molar-refractivity contribution in [3.8, 4) is 0 Å². The highest BCUT2D eigenvalue weighted by Crippen LogP contribution is 2.20. The van der Waals surface area contributed by atoms with Crippen LogP contribution in [0.1, 0.15) is 65.1 Å². The maximum atomic E-state index is 11.9. The van der Waals surface area contributed by atoms with E-state index in [4.69, 9.17) is 4.52 Å². The number of carbonyl (C=O) groups is 1. The zero-order valence-electron chi connectivity index (χ0n) is 13.6. The summed E-state index contributed by atoms with van der Waals surface area (Å²) in [5, 5.41) is 16.0. The SMILES string of the molecule is CC(C)c1noc(CCC(=O)NC(CO)CC(C)(C)C)n1. The number of nitrogens with zero attached hydrogens (tertiary/aromatic N) is 2. The molecule has 1 aromatic heterocycles. The number of aliphatic hydroxyl groups excluding tert-OH is 1. The van der Waals surface area contributed by atoms with Crippen LogP contribution in [0.25, 0.3) is 0 Å². The van der Waals surface area contributed by atoms with Gasteiger partial charge in [-0.2, -0.15) is 4.98 Å². The Morgan fingerprint density at radius 3 is 2.52 bits per heavy atom. The second-order valence-corrected chi connectivity index (χ2v) is 6.91. The normalized spacial score (nSPS) is 13.5. The minimum atomic E-state index is -0.216. The highest BCUT2D eigenvalue weighted by atomic mass is 16.5. The third kappa shape index (κ3) is 6.71. The summed E-state index contributed by atoms with van der Waals surface area (Å²) in [5.41, 5.74) is 0.0549. The number of amides is 1. The minimum absolute atomic E-state index is 0.0545. The first kappa shape index (κ1) is 17.6. The third-order valence-corrected chi connectivity index (χ3v) is 3.01. The molecule has 0 radical (unpaired) electrons. The van der Waals surface area contributed by atoms with Crippen molar-refractivity contribution in [3.63, 3.8) is 0 Å². The van der Waals surface area contributed by atoms with E-state index in [0.29, 0.717) is 18.1 Å². The zero-order valence-corrected chi connectivity index (χ0v) is 13.6. The van der Waals surface area contributed by atoms with Gasteiger partial charge in [-0.15, -0.1) is 0 Å². The first-order valence-corrected chi connectivity index (χ1v) is 7.44. The lowest BCUT2D eigenvalue weighted by Crippen LogP contribution is -2.40. The van der Waals surface area contributed by atoms with Crippen molar-refractivity contribution in [2.45, 2.75) is 65.8 Å². The molecule has 2 N–H and O–H groups in total. The summed E-state index contributed by atoms with van der Waals surface area (Å²) >= 11 is 0. The van der Waals surface area contributed by atoms with E-state index in [0.717, 1.165) is 6.42 Å². The molecule has 6 nitrogen and oxygen atoms in total. The van der Waals surface area contributed by atoms with E-state index in [1.807, 2.05) is 13.8 Å². The Balaban J connectivity index is 2.42. The van der Waals surface area contributed by atoms with Crippen molar-refractivity contribution < 1.29 is 14.4 Å². The van der Waals surface area contributed by atoms with Gasteiger partial charge in [0.2, 0.25) is 11.8 Å². The molecule has 1 unspecified atom stereocenters. The topological polar surface area (TPSA) is 88.2 Å². The molecule has 0 aromatic carbocycles. The van der Waals surface area contributed by atoms with Crippen LogP contribution in [0, 0.1) is 5.41 Å². The second-order valence-electron chi connectivity index (χ2n) is 6.91. The first-order chi connectivity index (χ1) is 9.71. The maximum Gasteiger partial charge on any atom is 0.227 e. The number of hydrogen-bond donors (Lipinski definition) is 2. The number of nitrogens with one attached hydrogen (secondary N) is 1. The molecule has 0 saturated heterocycles. The molecule has 6 heteroatoms. The number of rotatable bonds is 7. The zero-order chi connectivity index (χ0) is 16.0. The average molecular weight is 297 g/mol. The van der Waals surface area contributed by atoms with Crippen molar-refractivity contribution in [2.24, 2.45) is 5.41 Å². The lowest BCUT2D eigenvalue weighted by Gasteiger charge is -2.25. The molecule has 1 atom stereocenters. The van der Waals surface area contributed by atoms with Crippen molar-refractivity contribution in [2.75, 3.05) is 6.61 Å². The van der Waals surface area contributed by atoms with Gasteiger partial charge in [0.25, 0.3) is 0 Å². The van der Waals surface area contributed by atoms with E-state index in [1.165, 1.54) is 0 Å². The van der Waals surface area contributed by atoms with Gasteiger partial charge in [0.1, 0.15) is 0 Å². The minimum Gasteiger partial charge on any atom is -0.394 e. The Labute approximate surface area is 126 Å². The Hall–Kier alpha value is -1.43. The number of aryl methyl sites for hydroxylation is 1. The fraction of sp³-hybridized carbons (Fsp3) is 0.800. The Morgan fingerprint density at radius 2 is 2.05 bits per heavy atom. The van der Waals surface area contributed by atoms with Gasteiger partial charge in [-0.25, -0.2) is 0 Å². The van der Waals surface area contributed by atoms with E-state index in [2.05, 4.69) is 36.2 Å². The molecule has 0 bridgehead atoms. The molecule has 1 heterocycles. The maximum absolute atomic E-state index is 11.9. The molecule has 0 fully saturated rings. The average Bonchev–Trinajstić information content (AvgIpc) is 2.82. The summed E-state index contributed by atoms with van der Waals surface area (Å²) < 4.78 is 5.10. The van der Waals surface area contributed by atoms with Crippen molar-refractivity contribution >= 4 is 5.91 Å². The van der Waals surface area contributed by atoms with Crippen LogP contribution in [0.15, 0.2) is 4.52 Å². The van der Waals surface area contributed by atoms with Gasteiger partial charge >= 0.3 is 0 Å². The van der Waals surface area contributed by atoms with Gasteiger partial charge in [-0.3, -0.25) is 4.79 Å². The van der Waals surface area contributed by atoms with Crippen LogP contribution in [0.2, 0.25) is 0 Å². The molecule has 0 aliphatic rings. The van der Waals surface area contributed by atoms with Crippen LogP contribution in [0.5, 0.6) is 0 Å². The largest absolute Gasteiger partial charge is 0.394 e. The highest BCUT2D eigenvalue weighted by Gasteiger charge is 2.20. The van der Waals surface area contributed by atoms with E-state index < -0.39 is 0 Å². The molecular formula is C15H27N3O3. The predicted octanol–water partition coefficient (Wildman–Crippen LogP) is 2.04. The van der Waals surface area contributed by atoms with Crippen molar-refractivity contribution in [1.82, 2.24) is 15.5 Å². The summed E-state index contributed by atoms with van der Waals surface area (Å²) in [6.07, 6.45) is 1.42. The lowest BCUT2D eigenvalue weighted by molar-refractivity contribution is -0.122. The van der Waals surface area contributed by atoms with Crippen LogP contribution >= 0.6 is 0 Å².